The van der Waals surface area contributed by atoms with Gasteiger partial charge in [-0.05, 0) is 39.8 Å². The van der Waals surface area contributed by atoms with Gasteiger partial charge in [-0.25, -0.2) is 0 Å². The maximum absolute atomic E-state index is 12.6. The maximum Gasteiger partial charge on any atom is 0.248 e. The van der Waals surface area contributed by atoms with Crippen LogP contribution in [0.2, 0.25) is 0 Å². The second kappa shape index (κ2) is 9.66. The standard InChI is InChI=1S/C30H28N2O/c1-30(2,3)25-17-15-23(16-18-25)26(22-9-5-4-6-10-22)12-8-14-29(33)32-28-13-7-11-24-21-31-20-19-27(24)28/h4-21H,1-3H3,(H,32,33)/b14-8+,26-12+. The SMILES string of the molecule is CC(C)(C)c1ccc(/C(=C/C=C/C(=O)Nc2cccc3cnccc23)c2ccccc2)cc1. The number of nitrogens with zero attached hydrogens (tertiary/aromatic N) is 1. The monoisotopic (exact) mass is 432 g/mol. The highest BCUT2D eigenvalue weighted by Gasteiger charge is 2.13. The topological polar surface area (TPSA) is 42.0 Å². The molecule has 164 valence electrons. The summed E-state index contributed by atoms with van der Waals surface area (Å²) in [6, 6.07) is 26.6. The minimum atomic E-state index is -0.175. The number of hydrogen-bond acceptors (Lipinski definition) is 2. The van der Waals surface area contributed by atoms with Gasteiger partial charge in [0.2, 0.25) is 5.91 Å². The van der Waals surface area contributed by atoms with Crippen molar-refractivity contribution in [3.63, 3.8) is 0 Å². The van der Waals surface area contributed by atoms with Crippen LogP contribution in [0.3, 0.4) is 0 Å². The van der Waals surface area contributed by atoms with E-state index in [9.17, 15) is 4.79 Å². The van der Waals surface area contributed by atoms with Crippen molar-refractivity contribution < 1.29 is 4.79 Å². The number of fused-ring (bicyclic) bond motifs is 1. The summed E-state index contributed by atoms with van der Waals surface area (Å²) in [6.07, 6.45) is 8.89. The van der Waals surface area contributed by atoms with Crippen molar-refractivity contribution >= 4 is 27.9 Å². The molecule has 3 heteroatoms. The fraction of sp³-hybridized carbons (Fsp3) is 0.133. The van der Waals surface area contributed by atoms with Crippen molar-refractivity contribution in [3.8, 4) is 0 Å². The lowest BCUT2D eigenvalue weighted by Crippen LogP contribution is -2.10. The normalized spacial score (nSPS) is 12.3. The second-order valence-electron chi connectivity index (χ2n) is 9.02. The number of hydrogen-bond donors (Lipinski definition) is 1. The zero-order valence-corrected chi connectivity index (χ0v) is 19.2. The van der Waals surface area contributed by atoms with Crippen LogP contribution in [0.1, 0.15) is 37.5 Å². The molecule has 3 aromatic carbocycles. The molecule has 4 rings (SSSR count). The van der Waals surface area contributed by atoms with Crippen LogP contribution in [0.15, 0.2) is 109 Å². The van der Waals surface area contributed by atoms with Crippen LogP contribution in [0.5, 0.6) is 0 Å². The first kappa shape index (κ1) is 22.2. The molecule has 1 amide bonds. The van der Waals surface area contributed by atoms with E-state index in [1.54, 1.807) is 18.5 Å². The Bertz CT molecular complexity index is 1310. The minimum Gasteiger partial charge on any atom is -0.322 e. The van der Waals surface area contributed by atoms with Crippen LogP contribution in [0.4, 0.5) is 5.69 Å². The van der Waals surface area contributed by atoms with E-state index >= 15 is 0 Å². The van der Waals surface area contributed by atoms with Gasteiger partial charge in [0.15, 0.2) is 0 Å². The Morgan fingerprint density at radius 1 is 0.848 bits per heavy atom. The van der Waals surface area contributed by atoms with E-state index in [2.05, 4.69) is 67.5 Å². The van der Waals surface area contributed by atoms with E-state index in [0.29, 0.717) is 0 Å². The molecular formula is C30H28N2O. The molecule has 3 nitrogen and oxygen atoms in total. The van der Waals surface area contributed by atoms with Gasteiger partial charge < -0.3 is 5.32 Å². The van der Waals surface area contributed by atoms with Crippen molar-refractivity contribution in [2.45, 2.75) is 26.2 Å². The smallest absolute Gasteiger partial charge is 0.248 e. The highest BCUT2D eigenvalue weighted by atomic mass is 16.1. The Kier molecular flexibility index (Phi) is 6.50. The number of allylic oxidation sites excluding steroid dienone is 2. The molecular weight excluding hydrogens is 404 g/mol. The quantitative estimate of drug-likeness (QED) is 0.268. The molecule has 0 atom stereocenters. The molecule has 33 heavy (non-hydrogen) atoms. The Balaban J connectivity index is 1.59. The van der Waals surface area contributed by atoms with Gasteiger partial charge in [0.1, 0.15) is 0 Å². The number of anilines is 1. The molecule has 0 radical (unpaired) electrons. The third kappa shape index (κ3) is 5.45. The van der Waals surface area contributed by atoms with Crippen LogP contribution in [0.25, 0.3) is 16.3 Å². The molecule has 0 bridgehead atoms. The first-order valence-electron chi connectivity index (χ1n) is 11.1. The summed E-state index contributed by atoms with van der Waals surface area (Å²) in [5.41, 5.74) is 5.45. The number of amides is 1. The molecule has 1 heterocycles. The molecule has 1 N–H and O–H groups in total. The molecule has 0 fully saturated rings. The Labute approximate surface area is 195 Å². The van der Waals surface area contributed by atoms with Crippen molar-refractivity contribution in [2.75, 3.05) is 5.32 Å². The van der Waals surface area contributed by atoms with Gasteiger partial charge in [0, 0.05) is 34.9 Å². The van der Waals surface area contributed by atoms with Crippen LogP contribution >= 0.6 is 0 Å². The third-order valence-corrected chi connectivity index (χ3v) is 5.60. The summed E-state index contributed by atoms with van der Waals surface area (Å²) >= 11 is 0. The lowest BCUT2D eigenvalue weighted by molar-refractivity contribution is -0.111. The van der Waals surface area contributed by atoms with Crippen LogP contribution in [-0.2, 0) is 10.2 Å². The summed E-state index contributed by atoms with van der Waals surface area (Å²) in [6.45, 7) is 6.64. The van der Waals surface area contributed by atoms with Gasteiger partial charge in [0.05, 0.1) is 0 Å². The lowest BCUT2D eigenvalue weighted by atomic mass is 9.85. The molecule has 4 aromatic rings. The zero-order chi connectivity index (χ0) is 23.3. The third-order valence-electron chi connectivity index (χ3n) is 5.60. The highest BCUT2D eigenvalue weighted by Crippen LogP contribution is 2.28. The van der Waals surface area contributed by atoms with E-state index in [1.807, 2.05) is 54.6 Å². The Morgan fingerprint density at radius 2 is 1.58 bits per heavy atom. The second-order valence-corrected chi connectivity index (χ2v) is 9.02. The maximum atomic E-state index is 12.6. The van der Waals surface area contributed by atoms with Crippen LogP contribution < -0.4 is 5.32 Å². The van der Waals surface area contributed by atoms with E-state index in [4.69, 9.17) is 0 Å². The van der Waals surface area contributed by atoms with E-state index in [1.165, 1.54) is 5.56 Å². The van der Waals surface area contributed by atoms with Crippen molar-refractivity contribution in [1.29, 1.82) is 0 Å². The number of rotatable bonds is 5. The fourth-order valence-electron chi connectivity index (χ4n) is 3.76. The summed E-state index contributed by atoms with van der Waals surface area (Å²) in [4.78, 5) is 16.8. The number of carbonyl (C=O) groups excluding carboxylic acids is 1. The van der Waals surface area contributed by atoms with Crippen molar-refractivity contribution in [3.05, 3.63) is 126 Å². The number of aromatic nitrogens is 1. The minimum absolute atomic E-state index is 0.102. The first-order valence-corrected chi connectivity index (χ1v) is 11.1. The van der Waals surface area contributed by atoms with Gasteiger partial charge in [-0.1, -0.05) is 99.7 Å². The molecule has 0 unspecified atom stereocenters. The van der Waals surface area contributed by atoms with Gasteiger partial charge in [-0.2, -0.15) is 0 Å². The zero-order valence-electron chi connectivity index (χ0n) is 19.2. The van der Waals surface area contributed by atoms with Crippen molar-refractivity contribution in [1.82, 2.24) is 4.98 Å². The fourth-order valence-corrected chi connectivity index (χ4v) is 3.76. The highest BCUT2D eigenvalue weighted by molar-refractivity contribution is 6.06. The molecule has 0 saturated heterocycles. The average molecular weight is 433 g/mol. The number of carbonyl (C=O) groups is 1. The van der Waals surface area contributed by atoms with Crippen LogP contribution in [0, 0.1) is 0 Å². The lowest BCUT2D eigenvalue weighted by Gasteiger charge is -2.19. The largest absolute Gasteiger partial charge is 0.322 e. The number of nitrogens with one attached hydrogen (secondary N) is 1. The van der Waals surface area contributed by atoms with Gasteiger partial charge in [-0.15, -0.1) is 0 Å². The molecule has 0 aliphatic rings. The summed E-state index contributed by atoms with van der Waals surface area (Å²) < 4.78 is 0. The average Bonchev–Trinajstić information content (AvgIpc) is 2.82. The summed E-state index contributed by atoms with van der Waals surface area (Å²) in [7, 11) is 0. The van der Waals surface area contributed by atoms with Gasteiger partial charge >= 0.3 is 0 Å². The molecule has 0 spiro atoms. The summed E-state index contributed by atoms with van der Waals surface area (Å²) in [5.74, 6) is -0.175. The number of pyridine rings is 1. The molecule has 0 aliphatic heterocycles. The predicted octanol–water partition coefficient (Wildman–Crippen LogP) is 7.16. The van der Waals surface area contributed by atoms with E-state index < -0.39 is 0 Å². The Morgan fingerprint density at radius 3 is 2.30 bits per heavy atom. The van der Waals surface area contributed by atoms with E-state index in [-0.39, 0.29) is 11.3 Å². The van der Waals surface area contributed by atoms with Crippen molar-refractivity contribution in [2.24, 2.45) is 0 Å². The van der Waals surface area contributed by atoms with Crippen LogP contribution in [-0.4, -0.2) is 10.9 Å². The van der Waals surface area contributed by atoms with Gasteiger partial charge in [-0.3, -0.25) is 9.78 Å². The predicted molar refractivity (Wildman–Crippen MR) is 138 cm³/mol. The van der Waals surface area contributed by atoms with Gasteiger partial charge in [0.25, 0.3) is 0 Å². The Hall–Kier alpha value is -3.98. The molecule has 1 aromatic heterocycles. The molecule has 0 aliphatic carbocycles. The first-order chi connectivity index (χ1) is 15.9. The van der Waals surface area contributed by atoms with E-state index in [0.717, 1.165) is 33.2 Å². The number of benzene rings is 3. The molecule has 0 saturated carbocycles. The summed E-state index contributed by atoms with van der Waals surface area (Å²) in [5, 5.41) is 4.94.